The topological polar surface area (TPSA) is 57.7 Å². The summed E-state index contributed by atoms with van der Waals surface area (Å²) in [5, 5.41) is 0. The zero-order chi connectivity index (χ0) is 19.2. The van der Waals surface area contributed by atoms with Crippen LogP contribution in [0.3, 0.4) is 0 Å². The van der Waals surface area contributed by atoms with Gasteiger partial charge in [-0.15, -0.1) is 0 Å². The van der Waals surface area contributed by atoms with Crippen LogP contribution >= 0.6 is 0 Å². The number of fused-ring (bicyclic) bond motifs is 2. The molecule has 2 heterocycles. The number of carbonyl (C=O) groups excluding carboxylic acids is 1. The third kappa shape index (κ3) is 3.10. The fourth-order valence-electron chi connectivity index (χ4n) is 3.92. The van der Waals surface area contributed by atoms with Crippen LogP contribution in [0.1, 0.15) is 23.6 Å². The summed E-state index contributed by atoms with van der Waals surface area (Å²) in [4.78, 5) is 13.6. The van der Waals surface area contributed by atoms with E-state index in [-0.39, 0.29) is 23.0 Å². The number of halogens is 1. The molecule has 2 aliphatic rings. The maximum atomic E-state index is 14.3. The van der Waals surface area contributed by atoms with E-state index in [1.54, 1.807) is 36.1 Å². The monoisotopic (exact) mass is 388 g/mol. The molecule has 0 radical (unpaired) electrons. The number of carbonyl (C=O) groups is 1. The second kappa shape index (κ2) is 6.64. The van der Waals surface area contributed by atoms with Crippen molar-refractivity contribution in [2.24, 2.45) is 0 Å². The lowest BCUT2D eigenvalue weighted by Crippen LogP contribution is -2.31. The summed E-state index contributed by atoms with van der Waals surface area (Å²) in [5.41, 5.74) is 2.87. The van der Waals surface area contributed by atoms with Crippen LogP contribution in [-0.2, 0) is 34.1 Å². The molecule has 1 amide bonds. The standard InChI is InChI=1S/C20H21FN2O3S/c1-14(24)22-10-7-15-5-6-18(13-17(15)8-11-22)27(25,26)23-12-9-16-3-2-4-19(21)20(16)23/h2-6,13H,7-12H2,1H3. The van der Waals surface area contributed by atoms with Crippen molar-refractivity contribution in [3.05, 3.63) is 58.9 Å². The molecule has 142 valence electrons. The van der Waals surface area contributed by atoms with Crippen LogP contribution in [0.15, 0.2) is 41.3 Å². The molecule has 2 aromatic carbocycles. The van der Waals surface area contributed by atoms with Crippen molar-refractivity contribution in [1.82, 2.24) is 4.90 Å². The van der Waals surface area contributed by atoms with E-state index in [9.17, 15) is 17.6 Å². The number of hydrogen-bond acceptors (Lipinski definition) is 3. The minimum Gasteiger partial charge on any atom is -0.342 e. The zero-order valence-electron chi connectivity index (χ0n) is 15.1. The van der Waals surface area contributed by atoms with Gasteiger partial charge in [0.1, 0.15) is 5.82 Å². The zero-order valence-corrected chi connectivity index (χ0v) is 15.9. The van der Waals surface area contributed by atoms with Gasteiger partial charge in [-0.05, 0) is 54.2 Å². The normalized spacial score (nSPS) is 16.7. The fraction of sp³-hybridized carbons (Fsp3) is 0.350. The number of benzene rings is 2. The van der Waals surface area contributed by atoms with E-state index in [0.717, 1.165) is 11.1 Å². The third-order valence-electron chi connectivity index (χ3n) is 5.42. The molecule has 7 heteroatoms. The van der Waals surface area contributed by atoms with Crippen molar-refractivity contribution >= 4 is 21.6 Å². The average Bonchev–Trinajstić information content (AvgIpc) is 2.97. The first-order valence-electron chi connectivity index (χ1n) is 9.05. The molecule has 0 bridgehead atoms. The van der Waals surface area contributed by atoms with Crippen LogP contribution < -0.4 is 4.31 Å². The second-order valence-electron chi connectivity index (χ2n) is 7.01. The molecule has 0 spiro atoms. The highest BCUT2D eigenvalue weighted by Gasteiger charge is 2.33. The predicted molar refractivity (Wildman–Crippen MR) is 101 cm³/mol. The molecule has 0 N–H and O–H groups in total. The quantitative estimate of drug-likeness (QED) is 0.794. The molecule has 2 aromatic rings. The smallest absolute Gasteiger partial charge is 0.264 e. The van der Waals surface area contributed by atoms with Gasteiger partial charge in [0.15, 0.2) is 0 Å². The minimum absolute atomic E-state index is 0.0276. The predicted octanol–water partition coefficient (Wildman–Crippen LogP) is 2.52. The van der Waals surface area contributed by atoms with Crippen molar-refractivity contribution in [2.75, 3.05) is 23.9 Å². The highest BCUT2D eigenvalue weighted by molar-refractivity contribution is 7.92. The number of nitrogens with zero attached hydrogens (tertiary/aromatic N) is 2. The molecule has 0 saturated heterocycles. The largest absolute Gasteiger partial charge is 0.342 e. The first-order valence-corrected chi connectivity index (χ1v) is 10.5. The summed E-state index contributed by atoms with van der Waals surface area (Å²) >= 11 is 0. The van der Waals surface area contributed by atoms with Gasteiger partial charge in [0.05, 0.1) is 10.6 Å². The SMILES string of the molecule is CC(=O)N1CCc2ccc(S(=O)(=O)N3CCc4cccc(F)c43)cc2CC1. The van der Waals surface area contributed by atoms with Gasteiger partial charge in [-0.3, -0.25) is 9.10 Å². The molecule has 0 aliphatic carbocycles. The van der Waals surface area contributed by atoms with Crippen LogP contribution in [0.4, 0.5) is 10.1 Å². The van der Waals surface area contributed by atoms with Gasteiger partial charge in [0, 0.05) is 26.6 Å². The van der Waals surface area contributed by atoms with E-state index in [0.29, 0.717) is 37.9 Å². The lowest BCUT2D eigenvalue weighted by molar-refractivity contribution is -0.128. The summed E-state index contributed by atoms with van der Waals surface area (Å²) in [6, 6.07) is 9.77. The molecule has 27 heavy (non-hydrogen) atoms. The molecule has 0 unspecified atom stereocenters. The van der Waals surface area contributed by atoms with E-state index in [2.05, 4.69) is 0 Å². The van der Waals surface area contributed by atoms with E-state index in [4.69, 9.17) is 0 Å². The van der Waals surface area contributed by atoms with Gasteiger partial charge in [0.2, 0.25) is 5.91 Å². The van der Waals surface area contributed by atoms with Crippen LogP contribution in [0, 0.1) is 5.82 Å². The Morgan fingerprint density at radius 1 is 0.963 bits per heavy atom. The average molecular weight is 388 g/mol. The second-order valence-corrected chi connectivity index (χ2v) is 8.87. The maximum Gasteiger partial charge on any atom is 0.264 e. The van der Waals surface area contributed by atoms with Crippen LogP contribution in [0.25, 0.3) is 0 Å². The van der Waals surface area contributed by atoms with Crippen molar-refractivity contribution in [1.29, 1.82) is 0 Å². The van der Waals surface area contributed by atoms with E-state index < -0.39 is 15.8 Å². The van der Waals surface area contributed by atoms with Crippen LogP contribution in [0.5, 0.6) is 0 Å². The van der Waals surface area contributed by atoms with Gasteiger partial charge in [-0.1, -0.05) is 18.2 Å². The maximum absolute atomic E-state index is 14.3. The minimum atomic E-state index is -3.84. The van der Waals surface area contributed by atoms with Gasteiger partial charge in [-0.2, -0.15) is 0 Å². The summed E-state index contributed by atoms with van der Waals surface area (Å²) in [6.45, 7) is 3.01. The lowest BCUT2D eigenvalue weighted by atomic mass is 10.0. The summed E-state index contributed by atoms with van der Waals surface area (Å²) < 4.78 is 41.8. The van der Waals surface area contributed by atoms with Gasteiger partial charge >= 0.3 is 0 Å². The summed E-state index contributed by atoms with van der Waals surface area (Å²) in [7, 11) is -3.84. The number of amides is 1. The Morgan fingerprint density at radius 3 is 2.41 bits per heavy atom. The third-order valence-corrected chi connectivity index (χ3v) is 7.21. The van der Waals surface area contributed by atoms with Crippen LogP contribution in [-0.4, -0.2) is 38.9 Å². The summed E-state index contributed by atoms with van der Waals surface area (Å²) in [6.07, 6.45) is 1.82. The molecule has 0 atom stereocenters. The number of para-hydroxylation sites is 1. The Balaban J connectivity index is 1.69. The van der Waals surface area contributed by atoms with Crippen molar-refractivity contribution in [3.63, 3.8) is 0 Å². The summed E-state index contributed by atoms with van der Waals surface area (Å²) in [5.74, 6) is -0.486. The molecule has 5 nitrogen and oxygen atoms in total. The van der Waals surface area contributed by atoms with Crippen molar-refractivity contribution < 1.29 is 17.6 Å². The Labute approximate surface area is 158 Å². The van der Waals surface area contributed by atoms with Gasteiger partial charge < -0.3 is 4.90 Å². The Morgan fingerprint density at radius 2 is 1.67 bits per heavy atom. The Hall–Kier alpha value is -2.41. The van der Waals surface area contributed by atoms with Crippen molar-refractivity contribution in [2.45, 2.75) is 31.1 Å². The lowest BCUT2D eigenvalue weighted by Gasteiger charge is -2.21. The molecule has 0 saturated carbocycles. The molecule has 2 aliphatic heterocycles. The number of sulfonamides is 1. The van der Waals surface area contributed by atoms with E-state index in [1.807, 2.05) is 6.07 Å². The molecular formula is C20H21FN2O3S. The van der Waals surface area contributed by atoms with Crippen molar-refractivity contribution in [3.8, 4) is 0 Å². The highest BCUT2D eigenvalue weighted by Crippen LogP contribution is 2.35. The Kier molecular flexibility index (Phi) is 4.42. The van der Waals surface area contributed by atoms with Gasteiger partial charge in [-0.25, -0.2) is 12.8 Å². The van der Waals surface area contributed by atoms with E-state index in [1.165, 1.54) is 10.4 Å². The van der Waals surface area contributed by atoms with Gasteiger partial charge in [0.25, 0.3) is 10.0 Å². The fourth-order valence-corrected chi connectivity index (χ4v) is 5.48. The van der Waals surface area contributed by atoms with E-state index >= 15 is 0 Å². The molecule has 0 aromatic heterocycles. The first-order chi connectivity index (χ1) is 12.9. The van der Waals surface area contributed by atoms with Crippen LogP contribution in [0.2, 0.25) is 0 Å². The first kappa shape index (κ1) is 18.0. The number of hydrogen-bond donors (Lipinski definition) is 0. The molecule has 0 fully saturated rings. The highest BCUT2D eigenvalue weighted by atomic mass is 32.2. The number of anilines is 1. The Bertz CT molecular complexity index is 1020. The molecular weight excluding hydrogens is 367 g/mol. The number of rotatable bonds is 2. The molecule has 4 rings (SSSR count).